The number of H-pyrrole nitrogens is 1. The Hall–Kier alpha value is -2.30. The fourth-order valence-corrected chi connectivity index (χ4v) is 2.87. The van der Waals surface area contributed by atoms with Gasteiger partial charge < -0.3 is 14.8 Å². The number of likely N-dealkylation sites (N-methyl/N-ethyl adjacent to an activating group) is 1. The number of fused-ring (bicyclic) bond motifs is 1. The number of carbonyl (C=O) groups is 1. The summed E-state index contributed by atoms with van der Waals surface area (Å²) in [4.78, 5) is 20.2. The third-order valence-electron chi connectivity index (χ3n) is 4.15. The predicted octanol–water partition coefficient (Wildman–Crippen LogP) is 4.03. The monoisotopic (exact) mass is 355 g/mol. The Kier molecular flexibility index (Phi) is 5.41. The van der Waals surface area contributed by atoms with Crippen LogP contribution in [0.1, 0.15) is 16.1 Å². The van der Waals surface area contributed by atoms with Crippen molar-refractivity contribution < 1.29 is 4.79 Å². The number of aromatic amines is 1. The number of nitrogens with one attached hydrogen (secondary N) is 1. The standard InChI is InChI=1S/C20H22ClN3O/c1-23(2)11-12-24(14-15-7-9-17(21)10-8-15)20(25)19-13-16-5-3-4-6-18(16)22-19/h3-10,13,22H,11-12,14H2,1-2H3. The molecule has 130 valence electrons. The molecule has 0 aliphatic rings. The number of aromatic nitrogens is 1. The number of rotatable bonds is 6. The zero-order valence-corrected chi connectivity index (χ0v) is 15.3. The van der Waals surface area contributed by atoms with Crippen molar-refractivity contribution in [1.82, 2.24) is 14.8 Å². The van der Waals surface area contributed by atoms with E-state index in [0.717, 1.165) is 23.0 Å². The highest BCUT2D eigenvalue weighted by molar-refractivity contribution is 6.30. The van der Waals surface area contributed by atoms with Crippen molar-refractivity contribution in [2.45, 2.75) is 6.54 Å². The molecule has 1 aromatic heterocycles. The Morgan fingerprint density at radius 1 is 1.04 bits per heavy atom. The van der Waals surface area contributed by atoms with Crippen LogP contribution in [-0.2, 0) is 6.54 Å². The summed E-state index contributed by atoms with van der Waals surface area (Å²) in [6.45, 7) is 2.02. The molecule has 2 aromatic carbocycles. The number of hydrogen-bond donors (Lipinski definition) is 1. The number of nitrogens with zero attached hydrogens (tertiary/aromatic N) is 2. The van der Waals surface area contributed by atoms with Crippen molar-refractivity contribution in [2.75, 3.05) is 27.2 Å². The first-order chi connectivity index (χ1) is 12.0. The fraction of sp³-hybridized carbons (Fsp3) is 0.250. The molecule has 1 N–H and O–H groups in total. The molecule has 25 heavy (non-hydrogen) atoms. The second kappa shape index (κ2) is 7.72. The molecule has 3 aromatic rings. The summed E-state index contributed by atoms with van der Waals surface area (Å²) in [5.41, 5.74) is 2.66. The highest BCUT2D eigenvalue weighted by atomic mass is 35.5. The Labute approximate surface area is 153 Å². The molecule has 0 aliphatic heterocycles. The lowest BCUT2D eigenvalue weighted by molar-refractivity contribution is 0.0727. The van der Waals surface area contributed by atoms with Crippen LogP contribution in [0.15, 0.2) is 54.6 Å². The summed E-state index contributed by atoms with van der Waals surface area (Å²) in [6.07, 6.45) is 0. The van der Waals surface area contributed by atoms with Gasteiger partial charge in [-0.2, -0.15) is 0 Å². The van der Waals surface area contributed by atoms with Gasteiger partial charge in [0.2, 0.25) is 0 Å². The minimum absolute atomic E-state index is 0.00741. The maximum absolute atomic E-state index is 13.0. The summed E-state index contributed by atoms with van der Waals surface area (Å²) < 4.78 is 0. The Balaban J connectivity index is 1.83. The molecular formula is C20H22ClN3O. The summed E-state index contributed by atoms with van der Waals surface area (Å²) in [5.74, 6) is 0.00741. The molecule has 1 amide bonds. The SMILES string of the molecule is CN(C)CCN(Cc1ccc(Cl)cc1)C(=O)c1cc2ccccc2[nH]1. The zero-order valence-electron chi connectivity index (χ0n) is 14.5. The van der Waals surface area contributed by atoms with Crippen LogP contribution in [0.3, 0.4) is 0 Å². The first-order valence-electron chi connectivity index (χ1n) is 8.29. The second-order valence-corrected chi connectivity index (χ2v) is 6.86. The van der Waals surface area contributed by atoms with Gasteiger partial charge in [0.05, 0.1) is 0 Å². The highest BCUT2D eigenvalue weighted by Crippen LogP contribution is 2.18. The van der Waals surface area contributed by atoms with Gasteiger partial charge in [-0.3, -0.25) is 4.79 Å². The van der Waals surface area contributed by atoms with E-state index in [1.165, 1.54) is 0 Å². The van der Waals surface area contributed by atoms with Crippen LogP contribution in [0.2, 0.25) is 5.02 Å². The number of carbonyl (C=O) groups excluding carboxylic acids is 1. The van der Waals surface area contributed by atoms with Crippen molar-refractivity contribution in [3.63, 3.8) is 0 Å². The van der Waals surface area contributed by atoms with E-state index in [1.807, 2.05) is 73.6 Å². The topological polar surface area (TPSA) is 39.3 Å². The predicted molar refractivity (Wildman–Crippen MR) is 103 cm³/mol. The minimum atomic E-state index is 0.00741. The van der Waals surface area contributed by atoms with E-state index in [0.29, 0.717) is 23.8 Å². The Morgan fingerprint density at radius 2 is 1.76 bits per heavy atom. The van der Waals surface area contributed by atoms with Gasteiger partial charge in [0.1, 0.15) is 5.69 Å². The largest absolute Gasteiger partial charge is 0.351 e. The minimum Gasteiger partial charge on any atom is -0.351 e. The molecule has 0 spiro atoms. The maximum atomic E-state index is 13.0. The number of halogens is 1. The lowest BCUT2D eigenvalue weighted by atomic mass is 10.2. The van der Waals surface area contributed by atoms with Gasteiger partial charge in [-0.25, -0.2) is 0 Å². The Morgan fingerprint density at radius 3 is 2.44 bits per heavy atom. The van der Waals surface area contributed by atoms with Crippen molar-refractivity contribution in [2.24, 2.45) is 0 Å². The van der Waals surface area contributed by atoms with Gasteiger partial charge in [-0.05, 0) is 43.9 Å². The molecule has 0 saturated carbocycles. The normalized spacial score (nSPS) is 11.2. The molecule has 0 saturated heterocycles. The molecule has 0 atom stereocenters. The first kappa shape index (κ1) is 17.5. The summed E-state index contributed by atoms with van der Waals surface area (Å²) in [7, 11) is 4.02. The van der Waals surface area contributed by atoms with Crippen LogP contribution >= 0.6 is 11.6 Å². The third-order valence-corrected chi connectivity index (χ3v) is 4.40. The van der Waals surface area contributed by atoms with E-state index in [9.17, 15) is 4.79 Å². The van der Waals surface area contributed by atoms with Crippen molar-refractivity contribution in [1.29, 1.82) is 0 Å². The zero-order chi connectivity index (χ0) is 17.8. The van der Waals surface area contributed by atoms with Gasteiger partial charge in [0.15, 0.2) is 0 Å². The average molecular weight is 356 g/mol. The molecule has 0 unspecified atom stereocenters. The van der Waals surface area contributed by atoms with E-state index in [-0.39, 0.29) is 5.91 Å². The Bertz CT molecular complexity index is 822. The first-order valence-corrected chi connectivity index (χ1v) is 8.67. The van der Waals surface area contributed by atoms with E-state index < -0.39 is 0 Å². The molecule has 0 fully saturated rings. The van der Waals surface area contributed by atoms with Crippen LogP contribution in [-0.4, -0.2) is 47.9 Å². The number of hydrogen-bond acceptors (Lipinski definition) is 2. The summed E-state index contributed by atoms with van der Waals surface area (Å²) in [6, 6.07) is 17.5. The number of benzene rings is 2. The van der Waals surface area contributed by atoms with Crippen molar-refractivity contribution >= 4 is 28.4 Å². The molecule has 0 aliphatic carbocycles. The number of para-hydroxylation sites is 1. The van der Waals surface area contributed by atoms with Gasteiger partial charge >= 0.3 is 0 Å². The van der Waals surface area contributed by atoms with E-state index in [2.05, 4.69) is 9.88 Å². The van der Waals surface area contributed by atoms with Gasteiger partial charge in [0, 0.05) is 35.6 Å². The van der Waals surface area contributed by atoms with E-state index >= 15 is 0 Å². The maximum Gasteiger partial charge on any atom is 0.270 e. The summed E-state index contributed by atoms with van der Waals surface area (Å²) >= 11 is 5.96. The van der Waals surface area contributed by atoms with E-state index in [1.54, 1.807) is 0 Å². The lowest BCUT2D eigenvalue weighted by Gasteiger charge is -2.24. The molecule has 4 nitrogen and oxygen atoms in total. The molecule has 0 bridgehead atoms. The fourth-order valence-electron chi connectivity index (χ4n) is 2.74. The van der Waals surface area contributed by atoms with Gasteiger partial charge in [0.25, 0.3) is 5.91 Å². The van der Waals surface area contributed by atoms with Crippen molar-refractivity contribution in [3.8, 4) is 0 Å². The van der Waals surface area contributed by atoms with Crippen LogP contribution in [0, 0.1) is 0 Å². The van der Waals surface area contributed by atoms with Gasteiger partial charge in [-0.15, -0.1) is 0 Å². The third kappa shape index (κ3) is 4.41. The van der Waals surface area contributed by atoms with Crippen LogP contribution in [0.25, 0.3) is 10.9 Å². The van der Waals surface area contributed by atoms with Crippen LogP contribution < -0.4 is 0 Å². The molecule has 0 radical (unpaired) electrons. The van der Waals surface area contributed by atoms with E-state index in [4.69, 9.17) is 11.6 Å². The number of amides is 1. The smallest absolute Gasteiger partial charge is 0.270 e. The highest BCUT2D eigenvalue weighted by Gasteiger charge is 2.18. The van der Waals surface area contributed by atoms with Crippen molar-refractivity contribution in [3.05, 3.63) is 70.9 Å². The quantitative estimate of drug-likeness (QED) is 0.725. The van der Waals surface area contributed by atoms with Crippen LogP contribution in [0.5, 0.6) is 0 Å². The van der Waals surface area contributed by atoms with Gasteiger partial charge in [-0.1, -0.05) is 41.9 Å². The second-order valence-electron chi connectivity index (χ2n) is 6.43. The molecule has 5 heteroatoms. The molecule has 3 rings (SSSR count). The summed E-state index contributed by atoms with van der Waals surface area (Å²) in [5, 5.41) is 1.75. The molecular weight excluding hydrogens is 334 g/mol. The molecule has 1 heterocycles. The average Bonchev–Trinajstić information content (AvgIpc) is 3.03. The lowest BCUT2D eigenvalue weighted by Crippen LogP contribution is -2.36. The van der Waals surface area contributed by atoms with Crippen LogP contribution in [0.4, 0.5) is 0 Å².